The highest BCUT2D eigenvalue weighted by atomic mass is 16.5. The van der Waals surface area contributed by atoms with Crippen molar-refractivity contribution < 1.29 is 18.9 Å². The molecule has 1 fully saturated rings. The molecule has 2 unspecified atom stereocenters. The molecule has 120 valence electrons. The third-order valence-corrected chi connectivity index (χ3v) is 3.55. The zero-order chi connectivity index (χ0) is 14.5. The first kappa shape index (κ1) is 17.9. The van der Waals surface area contributed by atoms with Gasteiger partial charge >= 0.3 is 0 Å². The molecule has 0 saturated carbocycles. The molecule has 1 aliphatic heterocycles. The second-order valence-corrected chi connectivity index (χ2v) is 5.27. The topological polar surface area (TPSA) is 62.9 Å². The van der Waals surface area contributed by atoms with Crippen molar-refractivity contribution in [3.8, 4) is 0 Å². The number of hydrogen-bond donors (Lipinski definition) is 1. The molecule has 1 aliphatic rings. The highest BCUT2D eigenvalue weighted by Gasteiger charge is 2.21. The molecule has 0 spiro atoms. The summed E-state index contributed by atoms with van der Waals surface area (Å²) in [5, 5.41) is 0. The number of ether oxygens (including phenoxy) is 4. The van der Waals surface area contributed by atoms with E-state index in [1.54, 1.807) is 0 Å². The Morgan fingerprint density at radius 1 is 1.00 bits per heavy atom. The van der Waals surface area contributed by atoms with E-state index in [9.17, 15) is 0 Å². The molecule has 1 heterocycles. The summed E-state index contributed by atoms with van der Waals surface area (Å²) in [5.74, 6) is 0.441. The van der Waals surface area contributed by atoms with E-state index >= 15 is 0 Å². The minimum Gasteiger partial charge on any atom is -0.381 e. The molecule has 0 aliphatic carbocycles. The molecular weight excluding hydrogens is 258 g/mol. The highest BCUT2D eigenvalue weighted by Crippen LogP contribution is 2.16. The van der Waals surface area contributed by atoms with Gasteiger partial charge < -0.3 is 24.7 Å². The summed E-state index contributed by atoms with van der Waals surface area (Å²) in [6.07, 6.45) is 4.23. The molecule has 1 saturated heterocycles. The largest absolute Gasteiger partial charge is 0.381 e. The van der Waals surface area contributed by atoms with Gasteiger partial charge in [-0.15, -0.1) is 0 Å². The lowest BCUT2D eigenvalue weighted by molar-refractivity contribution is -0.000854. The molecule has 5 nitrogen and oxygen atoms in total. The molecule has 5 heteroatoms. The smallest absolute Gasteiger partial charge is 0.0701 e. The van der Waals surface area contributed by atoms with Gasteiger partial charge in [0, 0.05) is 25.9 Å². The molecular formula is C15H31NO4. The van der Waals surface area contributed by atoms with Crippen LogP contribution in [0, 0.1) is 5.92 Å². The summed E-state index contributed by atoms with van der Waals surface area (Å²) in [6.45, 7) is 7.88. The Hall–Kier alpha value is -0.200. The first-order valence-electron chi connectivity index (χ1n) is 7.91. The number of nitrogens with two attached hydrogens (primary N) is 1. The predicted octanol–water partition coefficient (Wildman–Crippen LogP) is 1.59. The van der Waals surface area contributed by atoms with Crippen LogP contribution >= 0.6 is 0 Å². The van der Waals surface area contributed by atoms with Crippen LogP contribution in [0.3, 0.4) is 0 Å². The Bertz CT molecular complexity index is 216. The summed E-state index contributed by atoms with van der Waals surface area (Å²) in [7, 11) is 0. The molecule has 0 amide bonds. The van der Waals surface area contributed by atoms with Crippen molar-refractivity contribution in [2.45, 2.75) is 38.6 Å². The summed E-state index contributed by atoms with van der Waals surface area (Å²) in [5.41, 5.74) is 6.04. The maximum Gasteiger partial charge on any atom is 0.0701 e. The van der Waals surface area contributed by atoms with Crippen LogP contribution in [-0.4, -0.2) is 58.9 Å². The van der Waals surface area contributed by atoms with E-state index < -0.39 is 0 Å². The fourth-order valence-corrected chi connectivity index (χ4v) is 2.13. The van der Waals surface area contributed by atoms with E-state index in [1.165, 1.54) is 6.42 Å². The van der Waals surface area contributed by atoms with Crippen molar-refractivity contribution in [2.75, 3.05) is 52.9 Å². The first-order chi connectivity index (χ1) is 9.84. The van der Waals surface area contributed by atoms with Gasteiger partial charge in [0.25, 0.3) is 0 Å². The van der Waals surface area contributed by atoms with Crippen molar-refractivity contribution in [1.82, 2.24) is 0 Å². The Kier molecular flexibility index (Phi) is 11.2. The van der Waals surface area contributed by atoms with Crippen LogP contribution in [0.5, 0.6) is 0 Å². The maximum absolute atomic E-state index is 6.04. The van der Waals surface area contributed by atoms with E-state index in [1.807, 2.05) is 0 Å². The minimum atomic E-state index is 0.267. The second-order valence-electron chi connectivity index (χ2n) is 5.27. The van der Waals surface area contributed by atoms with Gasteiger partial charge in [0.2, 0.25) is 0 Å². The van der Waals surface area contributed by atoms with Crippen LogP contribution in [0.4, 0.5) is 0 Å². The van der Waals surface area contributed by atoms with Gasteiger partial charge in [-0.25, -0.2) is 0 Å². The Morgan fingerprint density at radius 2 is 1.65 bits per heavy atom. The third kappa shape index (κ3) is 8.87. The van der Waals surface area contributed by atoms with Crippen molar-refractivity contribution in [3.05, 3.63) is 0 Å². The van der Waals surface area contributed by atoms with Crippen molar-refractivity contribution in [3.63, 3.8) is 0 Å². The van der Waals surface area contributed by atoms with Gasteiger partial charge in [0.15, 0.2) is 0 Å². The molecule has 0 bridgehead atoms. The van der Waals surface area contributed by atoms with E-state index in [0.717, 1.165) is 45.7 Å². The molecule has 1 rings (SSSR count). The lowest BCUT2D eigenvalue weighted by Gasteiger charge is -2.28. The zero-order valence-corrected chi connectivity index (χ0v) is 12.9. The summed E-state index contributed by atoms with van der Waals surface area (Å²) < 4.78 is 21.8. The van der Waals surface area contributed by atoms with E-state index in [4.69, 9.17) is 24.7 Å². The normalized spacial score (nSPS) is 23.1. The van der Waals surface area contributed by atoms with Crippen LogP contribution in [-0.2, 0) is 18.9 Å². The summed E-state index contributed by atoms with van der Waals surface area (Å²) in [4.78, 5) is 0. The Labute approximate surface area is 123 Å². The SMILES string of the molecule is CCCCOCCOCCOCCC1COCCC1N. The standard InChI is InChI=1S/C15H31NO4/c1-2-3-6-17-9-11-19-12-10-18-7-4-14-13-20-8-5-15(14)16/h14-15H,2-13,16H2,1H3. The quantitative estimate of drug-likeness (QED) is 0.553. The molecule has 20 heavy (non-hydrogen) atoms. The lowest BCUT2D eigenvalue weighted by Crippen LogP contribution is -2.39. The maximum atomic E-state index is 6.04. The van der Waals surface area contributed by atoms with Gasteiger partial charge in [-0.3, -0.25) is 0 Å². The van der Waals surface area contributed by atoms with Crippen LogP contribution in [0.25, 0.3) is 0 Å². The average molecular weight is 289 g/mol. The molecule has 2 N–H and O–H groups in total. The number of hydrogen-bond acceptors (Lipinski definition) is 5. The predicted molar refractivity (Wildman–Crippen MR) is 78.9 cm³/mol. The molecule has 0 aromatic heterocycles. The van der Waals surface area contributed by atoms with Gasteiger partial charge in [0.05, 0.1) is 33.0 Å². The molecule has 0 radical (unpaired) electrons. The van der Waals surface area contributed by atoms with E-state index in [0.29, 0.717) is 32.3 Å². The summed E-state index contributed by atoms with van der Waals surface area (Å²) >= 11 is 0. The van der Waals surface area contributed by atoms with Gasteiger partial charge in [-0.1, -0.05) is 13.3 Å². The zero-order valence-electron chi connectivity index (χ0n) is 12.9. The number of rotatable bonds is 12. The fraction of sp³-hybridized carbons (Fsp3) is 1.00. The Balaban J connectivity index is 1.78. The molecule has 0 aromatic carbocycles. The average Bonchev–Trinajstić information content (AvgIpc) is 2.46. The van der Waals surface area contributed by atoms with Gasteiger partial charge in [-0.2, -0.15) is 0 Å². The number of unbranched alkanes of at least 4 members (excludes halogenated alkanes) is 1. The van der Waals surface area contributed by atoms with Crippen LogP contribution < -0.4 is 5.73 Å². The Morgan fingerprint density at radius 3 is 2.30 bits per heavy atom. The van der Waals surface area contributed by atoms with Crippen molar-refractivity contribution >= 4 is 0 Å². The molecule has 2 atom stereocenters. The molecule has 0 aromatic rings. The van der Waals surface area contributed by atoms with Crippen molar-refractivity contribution in [2.24, 2.45) is 11.7 Å². The van der Waals surface area contributed by atoms with Gasteiger partial charge in [0.1, 0.15) is 0 Å². The highest BCUT2D eigenvalue weighted by molar-refractivity contribution is 4.75. The second kappa shape index (κ2) is 12.5. The van der Waals surface area contributed by atoms with Crippen LogP contribution in [0.2, 0.25) is 0 Å². The van der Waals surface area contributed by atoms with Crippen LogP contribution in [0.1, 0.15) is 32.6 Å². The monoisotopic (exact) mass is 289 g/mol. The van der Waals surface area contributed by atoms with E-state index in [-0.39, 0.29) is 6.04 Å². The van der Waals surface area contributed by atoms with Gasteiger partial charge in [-0.05, 0) is 25.2 Å². The minimum absolute atomic E-state index is 0.267. The first-order valence-corrected chi connectivity index (χ1v) is 7.91. The van der Waals surface area contributed by atoms with E-state index in [2.05, 4.69) is 6.92 Å². The van der Waals surface area contributed by atoms with Crippen LogP contribution in [0.15, 0.2) is 0 Å². The summed E-state index contributed by atoms with van der Waals surface area (Å²) in [6, 6.07) is 0.267. The van der Waals surface area contributed by atoms with Crippen molar-refractivity contribution in [1.29, 1.82) is 0 Å². The fourth-order valence-electron chi connectivity index (χ4n) is 2.13. The third-order valence-electron chi connectivity index (χ3n) is 3.55. The lowest BCUT2D eigenvalue weighted by atomic mass is 9.94.